The SMILES string of the molecule is CC(C)CCC(=O)NCC1CCCC1Cl. The van der Waals surface area contributed by atoms with Gasteiger partial charge in [0.1, 0.15) is 0 Å². The lowest BCUT2D eigenvalue weighted by Crippen LogP contribution is -2.31. The molecule has 2 nitrogen and oxygen atoms in total. The molecular formula is C12H22ClNO. The molecule has 88 valence electrons. The highest BCUT2D eigenvalue weighted by Gasteiger charge is 2.25. The fourth-order valence-corrected chi connectivity index (χ4v) is 2.34. The van der Waals surface area contributed by atoms with Crippen molar-refractivity contribution in [2.24, 2.45) is 11.8 Å². The lowest BCUT2D eigenvalue weighted by atomic mass is 10.1. The van der Waals surface area contributed by atoms with Crippen LogP contribution in [0.4, 0.5) is 0 Å². The summed E-state index contributed by atoms with van der Waals surface area (Å²) < 4.78 is 0. The second-order valence-electron chi connectivity index (χ2n) is 4.94. The van der Waals surface area contributed by atoms with E-state index in [0.717, 1.165) is 19.4 Å². The second kappa shape index (κ2) is 6.37. The van der Waals surface area contributed by atoms with E-state index in [1.807, 2.05) is 0 Å². The van der Waals surface area contributed by atoms with Gasteiger partial charge in [-0.05, 0) is 31.1 Å². The molecule has 3 heteroatoms. The summed E-state index contributed by atoms with van der Waals surface area (Å²) in [5, 5.41) is 3.26. The molecule has 0 spiro atoms. The molecule has 0 aromatic rings. The first-order valence-electron chi connectivity index (χ1n) is 6.00. The van der Waals surface area contributed by atoms with E-state index in [1.165, 1.54) is 12.8 Å². The van der Waals surface area contributed by atoms with E-state index >= 15 is 0 Å². The van der Waals surface area contributed by atoms with E-state index in [2.05, 4.69) is 19.2 Å². The van der Waals surface area contributed by atoms with Crippen LogP contribution in [0.15, 0.2) is 0 Å². The fraction of sp³-hybridized carbons (Fsp3) is 0.917. The zero-order chi connectivity index (χ0) is 11.3. The highest BCUT2D eigenvalue weighted by molar-refractivity contribution is 6.20. The maximum atomic E-state index is 11.5. The minimum Gasteiger partial charge on any atom is -0.356 e. The molecule has 0 saturated heterocycles. The Hall–Kier alpha value is -0.240. The van der Waals surface area contributed by atoms with Crippen molar-refractivity contribution in [1.29, 1.82) is 0 Å². The van der Waals surface area contributed by atoms with Crippen LogP contribution in [0.1, 0.15) is 46.0 Å². The molecule has 2 unspecified atom stereocenters. The third kappa shape index (κ3) is 4.87. The number of carbonyl (C=O) groups is 1. The quantitative estimate of drug-likeness (QED) is 0.725. The fourth-order valence-electron chi connectivity index (χ4n) is 1.97. The molecule has 1 fully saturated rings. The molecule has 1 saturated carbocycles. The molecule has 0 bridgehead atoms. The third-order valence-electron chi connectivity index (χ3n) is 3.08. The van der Waals surface area contributed by atoms with Crippen LogP contribution >= 0.6 is 11.6 Å². The summed E-state index contributed by atoms with van der Waals surface area (Å²) in [7, 11) is 0. The topological polar surface area (TPSA) is 29.1 Å². The number of halogens is 1. The number of hydrogen-bond acceptors (Lipinski definition) is 1. The molecule has 0 radical (unpaired) electrons. The van der Waals surface area contributed by atoms with Crippen LogP contribution in [0.3, 0.4) is 0 Å². The second-order valence-corrected chi connectivity index (χ2v) is 5.50. The zero-order valence-electron chi connectivity index (χ0n) is 9.76. The molecule has 0 heterocycles. The van der Waals surface area contributed by atoms with Gasteiger partial charge in [-0.1, -0.05) is 20.3 Å². The molecule has 1 N–H and O–H groups in total. The summed E-state index contributed by atoms with van der Waals surface area (Å²) in [6.45, 7) is 5.04. The van der Waals surface area contributed by atoms with Crippen LogP contribution in [0.2, 0.25) is 0 Å². The van der Waals surface area contributed by atoms with Crippen LogP contribution < -0.4 is 5.32 Å². The standard InChI is InChI=1S/C12H22ClNO/c1-9(2)6-7-12(15)14-8-10-4-3-5-11(10)13/h9-11H,3-8H2,1-2H3,(H,14,15). The van der Waals surface area contributed by atoms with Crippen molar-refractivity contribution in [3.63, 3.8) is 0 Å². The van der Waals surface area contributed by atoms with Crippen molar-refractivity contribution in [3.05, 3.63) is 0 Å². The van der Waals surface area contributed by atoms with Crippen molar-refractivity contribution in [3.8, 4) is 0 Å². The maximum absolute atomic E-state index is 11.5. The van der Waals surface area contributed by atoms with E-state index in [4.69, 9.17) is 11.6 Å². The first-order valence-corrected chi connectivity index (χ1v) is 6.44. The van der Waals surface area contributed by atoms with Crippen LogP contribution in [-0.2, 0) is 4.79 Å². The largest absolute Gasteiger partial charge is 0.356 e. The highest BCUT2D eigenvalue weighted by atomic mass is 35.5. The predicted octanol–water partition coefficient (Wildman–Crippen LogP) is 2.95. The van der Waals surface area contributed by atoms with Crippen molar-refractivity contribution >= 4 is 17.5 Å². The van der Waals surface area contributed by atoms with Gasteiger partial charge in [-0.3, -0.25) is 4.79 Å². The highest BCUT2D eigenvalue weighted by Crippen LogP contribution is 2.29. The molecule has 2 atom stereocenters. The Labute approximate surface area is 97.8 Å². The van der Waals surface area contributed by atoms with Gasteiger partial charge in [0, 0.05) is 18.3 Å². The van der Waals surface area contributed by atoms with Gasteiger partial charge >= 0.3 is 0 Å². The van der Waals surface area contributed by atoms with E-state index in [-0.39, 0.29) is 11.3 Å². The van der Waals surface area contributed by atoms with E-state index in [0.29, 0.717) is 18.3 Å². The third-order valence-corrected chi connectivity index (χ3v) is 3.65. The number of carbonyl (C=O) groups excluding carboxylic acids is 1. The lowest BCUT2D eigenvalue weighted by Gasteiger charge is -2.14. The van der Waals surface area contributed by atoms with Gasteiger partial charge in [0.15, 0.2) is 0 Å². The average molecular weight is 232 g/mol. The van der Waals surface area contributed by atoms with Gasteiger partial charge in [-0.2, -0.15) is 0 Å². The van der Waals surface area contributed by atoms with Gasteiger partial charge in [0.2, 0.25) is 5.91 Å². The summed E-state index contributed by atoms with van der Waals surface area (Å²) in [4.78, 5) is 11.5. The van der Waals surface area contributed by atoms with Crippen LogP contribution in [-0.4, -0.2) is 17.8 Å². The number of amides is 1. The number of nitrogens with one attached hydrogen (secondary N) is 1. The minimum absolute atomic E-state index is 0.180. The van der Waals surface area contributed by atoms with Gasteiger partial charge in [-0.25, -0.2) is 0 Å². The number of alkyl halides is 1. The molecule has 1 rings (SSSR count). The lowest BCUT2D eigenvalue weighted by molar-refractivity contribution is -0.121. The molecule has 1 amide bonds. The molecular weight excluding hydrogens is 210 g/mol. The predicted molar refractivity (Wildman–Crippen MR) is 64.1 cm³/mol. The van der Waals surface area contributed by atoms with Gasteiger partial charge in [0.25, 0.3) is 0 Å². The Bertz CT molecular complexity index is 206. The average Bonchev–Trinajstić information content (AvgIpc) is 2.58. The van der Waals surface area contributed by atoms with Crippen LogP contribution in [0.5, 0.6) is 0 Å². The van der Waals surface area contributed by atoms with Crippen LogP contribution in [0.25, 0.3) is 0 Å². The number of rotatable bonds is 5. The van der Waals surface area contributed by atoms with E-state index in [1.54, 1.807) is 0 Å². The Morgan fingerprint density at radius 2 is 2.20 bits per heavy atom. The van der Waals surface area contributed by atoms with Crippen molar-refractivity contribution in [2.45, 2.75) is 51.3 Å². The van der Waals surface area contributed by atoms with Gasteiger partial charge < -0.3 is 5.32 Å². The Balaban J connectivity index is 2.11. The Kier molecular flexibility index (Phi) is 5.44. The summed E-state index contributed by atoms with van der Waals surface area (Å²) in [5.74, 6) is 1.28. The molecule has 0 aliphatic heterocycles. The van der Waals surface area contributed by atoms with Crippen molar-refractivity contribution in [2.75, 3.05) is 6.54 Å². The molecule has 1 aliphatic rings. The van der Waals surface area contributed by atoms with E-state index in [9.17, 15) is 4.79 Å². The first-order chi connectivity index (χ1) is 7.09. The smallest absolute Gasteiger partial charge is 0.220 e. The first kappa shape index (κ1) is 12.8. The van der Waals surface area contributed by atoms with Crippen molar-refractivity contribution in [1.82, 2.24) is 5.32 Å². The molecule has 0 aromatic heterocycles. The Morgan fingerprint density at radius 3 is 2.73 bits per heavy atom. The number of hydrogen-bond donors (Lipinski definition) is 1. The summed E-state index contributed by atoms with van der Waals surface area (Å²) in [5.41, 5.74) is 0. The summed E-state index contributed by atoms with van der Waals surface area (Å²) in [6.07, 6.45) is 5.10. The minimum atomic E-state index is 0.180. The van der Waals surface area contributed by atoms with Gasteiger partial charge in [0.05, 0.1) is 0 Å². The summed E-state index contributed by atoms with van der Waals surface area (Å²) in [6, 6.07) is 0. The molecule has 0 aromatic carbocycles. The molecule has 1 aliphatic carbocycles. The maximum Gasteiger partial charge on any atom is 0.220 e. The van der Waals surface area contributed by atoms with Crippen LogP contribution in [0, 0.1) is 11.8 Å². The van der Waals surface area contributed by atoms with Crippen molar-refractivity contribution < 1.29 is 4.79 Å². The van der Waals surface area contributed by atoms with E-state index < -0.39 is 0 Å². The monoisotopic (exact) mass is 231 g/mol. The normalized spacial score (nSPS) is 25.9. The summed E-state index contributed by atoms with van der Waals surface area (Å²) >= 11 is 6.14. The molecule has 15 heavy (non-hydrogen) atoms. The Morgan fingerprint density at radius 1 is 1.47 bits per heavy atom. The zero-order valence-corrected chi connectivity index (χ0v) is 10.5. The van der Waals surface area contributed by atoms with Gasteiger partial charge in [-0.15, -0.1) is 11.6 Å².